The first-order valence-electron chi connectivity index (χ1n) is 4.77. The van der Waals surface area contributed by atoms with Crippen LogP contribution >= 0.6 is 11.8 Å². The van der Waals surface area contributed by atoms with Crippen molar-refractivity contribution in [3.63, 3.8) is 0 Å². The van der Waals surface area contributed by atoms with E-state index in [2.05, 4.69) is 9.97 Å². The molecule has 0 aliphatic rings. The molecule has 0 aliphatic carbocycles. The van der Waals surface area contributed by atoms with Crippen LogP contribution in [0.4, 0.5) is 0 Å². The molecule has 0 radical (unpaired) electrons. The molecule has 2 rings (SSSR count). The first kappa shape index (κ1) is 10.9. The summed E-state index contributed by atoms with van der Waals surface area (Å²) in [5.41, 5.74) is 0.608. The summed E-state index contributed by atoms with van der Waals surface area (Å²) in [5, 5.41) is 1.61. The predicted molar refractivity (Wildman–Crippen MR) is 60.5 cm³/mol. The predicted octanol–water partition coefficient (Wildman–Crippen LogP) is 1.51. The zero-order chi connectivity index (χ0) is 11.7. The summed E-state index contributed by atoms with van der Waals surface area (Å²) in [5.74, 6) is 0.0155. The third-order valence-corrected chi connectivity index (χ3v) is 3.40. The number of carbonyl (C=O) groups is 1. The van der Waals surface area contributed by atoms with Gasteiger partial charge in [-0.1, -0.05) is 0 Å². The fraction of sp³-hybridized carbons (Fsp3) is 0.300. The maximum atomic E-state index is 11.3. The quantitative estimate of drug-likeness (QED) is 0.758. The fourth-order valence-electron chi connectivity index (χ4n) is 1.35. The highest BCUT2D eigenvalue weighted by molar-refractivity contribution is 7.99. The summed E-state index contributed by atoms with van der Waals surface area (Å²) >= 11 is 1.44. The molecule has 6 heteroatoms. The molecule has 0 aromatic carbocycles. The van der Waals surface area contributed by atoms with Crippen molar-refractivity contribution in [2.24, 2.45) is 14.1 Å². The lowest BCUT2D eigenvalue weighted by molar-refractivity contribution is 0.100. The van der Waals surface area contributed by atoms with E-state index in [0.29, 0.717) is 5.69 Å². The van der Waals surface area contributed by atoms with Crippen LogP contribution in [-0.2, 0) is 14.1 Å². The number of ketones is 1. The van der Waals surface area contributed by atoms with Crippen molar-refractivity contribution in [2.45, 2.75) is 17.2 Å². The maximum Gasteiger partial charge on any atom is 0.177 e. The number of aryl methyl sites for hydroxylation is 1. The Morgan fingerprint density at radius 2 is 2.06 bits per heavy atom. The summed E-state index contributed by atoms with van der Waals surface area (Å²) in [7, 11) is 3.75. The summed E-state index contributed by atoms with van der Waals surface area (Å²) in [6, 6.07) is 0. The molecule has 0 bridgehead atoms. The minimum atomic E-state index is 0.0155. The third kappa shape index (κ3) is 1.88. The molecule has 0 fully saturated rings. The van der Waals surface area contributed by atoms with Crippen molar-refractivity contribution in [2.75, 3.05) is 0 Å². The largest absolute Gasteiger partial charge is 0.329 e. The fourth-order valence-corrected chi connectivity index (χ4v) is 2.17. The molecule has 16 heavy (non-hydrogen) atoms. The number of carbonyl (C=O) groups excluding carboxylic acids is 1. The van der Waals surface area contributed by atoms with E-state index in [4.69, 9.17) is 0 Å². The van der Waals surface area contributed by atoms with Gasteiger partial charge in [0.05, 0.1) is 6.20 Å². The van der Waals surface area contributed by atoms with Gasteiger partial charge in [0.15, 0.2) is 16.1 Å². The number of nitrogens with zero attached hydrogens (tertiary/aromatic N) is 4. The number of hydrogen-bond donors (Lipinski definition) is 0. The van der Waals surface area contributed by atoms with Gasteiger partial charge in [-0.05, 0) is 11.8 Å². The van der Waals surface area contributed by atoms with E-state index >= 15 is 0 Å². The Morgan fingerprint density at radius 1 is 1.31 bits per heavy atom. The second kappa shape index (κ2) is 4.13. The standard InChI is InChI=1S/C10H12N4OS/c1-7(15)8-6-12-10(14(8)3)16-9-11-4-5-13(9)2/h4-6H,1-3H3. The van der Waals surface area contributed by atoms with Crippen LogP contribution in [0, 0.1) is 0 Å². The highest BCUT2D eigenvalue weighted by atomic mass is 32.2. The Balaban J connectivity index is 2.29. The first-order chi connectivity index (χ1) is 7.59. The minimum absolute atomic E-state index is 0.0155. The Labute approximate surface area is 97.5 Å². The van der Waals surface area contributed by atoms with Crippen LogP contribution in [-0.4, -0.2) is 24.9 Å². The van der Waals surface area contributed by atoms with Gasteiger partial charge in [-0.3, -0.25) is 4.79 Å². The smallest absolute Gasteiger partial charge is 0.177 e. The molecule has 5 nitrogen and oxygen atoms in total. The van der Waals surface area contributed by atoms with Gasteiger partial charge in [0.25, 0.3) is 0 Å². The SMILES string of the molecule is CC(=O)c1cnc(Sc2nccn2C)n1C. The van der Waals surface area contributed by atoms with E-state index in [9.17, 15) is 4.79 Å². The van der Waals surface area contributed by atoms with E-state index in [-0.39, 0.29) is 5.78 Å². The molecule has 0 amide bonds. The average Bonchev–Trinajstić information content (AvgIpc) is 2.76. The van der Waals surface area contributed by atoms with Crippen molar-refractivity contribution in [3.05, 3.63) is 24.3 Å². The van der Waals surface area contributed by atoms with Gasteiger partial charge in [0.2, 0.25) is 0 Å². The van der Waals surface area contributed by atoms with Gasteiger partial charge >= 0.3 is 0 Å². The van der Waals surface area contributed by atoms with Crippen LogP contribution in [0.15, 0.2) is 28.9 Å². The molecule has 2 aromatic heterocycles. The summed E-state index contributed by atoms with van der Waals surface area (Å²) in [6.45, 7) is 1.53. The third-order valence-electron chi connectivity index (χ3n) is 2.27. The zero-order valence-corrected chi connectivity index (χ0v) is 10.2. The van der Waals surface area contributed by atoms with Crippen LogP contribution in [0.2, 0.25) is 0 Å². The van der Waals surface area contributed by atoms with E-state index in [1.165, 1.54) is 18.7 Å². The second-order valence-electron chi connectivity index (χ2n) is 3.46. The van der Waals surface area contributed by atoms with Crippen molar-refractivity contribution in [1.82, 2.24) is 19.1 Å². The highest BCUT2D eigenvalue weighted by Gasteiger charge is 2.12. The van der Waals surface area contributed by atoms with E-state index in [1.54, 1.807) is 17.0 Å². The zero-order valence-electron chi connectivity index (χ0n) is 9.34. The van der Waals surface area contributed by atoms with E-state index in [0.717, 1.165) is 10.3 Å². The van der Waals surface area contributed by atoms with Crippen molar-refractivity contribution in [3.8, 4) is 0 Å². The normalized spacial score (nSPS) is 10.7. The summed E-state index contributed by atoms with van der Waals surface area (Å²) in [6.07, 6.45) is 5.20. The average molecular weight is 236 g/mol. The van der Waals surface area contributed by atoms with Crippen molar-refractivity contribution >= 4 is 17.5 Å². The molecule has 0 saturated heterocycles. The lowest BCUT2D eigenvalue weighted by Crippen LogP contribution is -2.02. The van der Waals surface area contributed by atoms with Gasteiger partial charge < -0.3 is 9.13 Å². The van der Waals surface area contributed by atoms with Crippen molar-refractivity contribution in [1.29, 1.82) is 0 Å². The maximum absolute atomic E-state index is 11.3. The van der Waals surface area contributed by atoms with E-state index < -0.39 is 0 Å². The topological polar surface area (TPSA) is 52.7 Å². The molecule has 84 valence electrons. The number of Topliss-reactive ketones (excluding diaryl/α,β-unsaturated/α-hetero) is 1. The molecule has 0 saturated carbocycles. The summed E-state index contributed by atoms with van der Waals surface area (Å²) in [4.78, 5) is 19.7. The van der Waals surface area contributed by atoms with Gasteiger partial charge in [0, 0.05) is 33.4 Å². The van der Waals surface area contributed by atoms with Crippen molar-refractivity contribution < 1.29 is 4.79 Å². The number of aromatic nitrogens is 4. The Bertz CT molecular complexity index is 529. The van der Waals surface area contributed by atoms with Crippen LogP contribution in [0.5, 0.6) is 0 Å². The molecule has 0 spiro atoms. The van der Waals surface area contributed by atoms with Gasteiger partial charge in [0.1, 0.15) is 5.69 Å². The molecular formula is C10H12N4OS. The molecule has 2 heterocycles. The Kier molecular flexibility index (Phi) is 2.82. The lowest BCUT2D eigenvalue weighted by atomic mass is 10.3. The second-order valence-corrected chi connectivity index (χ2v) is 4.40. The number of imidazole rings is 2. The number of hydrogen-bond acceptors (Lipinski definition) is 4. The van der Waals surface area contributed by atoms with Crippen LogP contribution in [0.3, 0.4) is 0 Å². The van der Waals surface area contributed by atoms with Crippen LogP contribution in [0.1, 0.15) is 17.4 Å². The first-order valence-corrected chi connectivity index (χ1v) is 5.59. The highest BCUT2D eigenvalue weighted by Crippen LogP contribution is 2.24. The van der Waals surface area contributed by atoms with Crippen LogP contribution < -0.4 is 0 Å². The van der Waals surface area contributed by atoms with Crippen LogP contribution in [0.25, 0.3) is 0 Å². The Hall–Kier alpha value is -1.56. The van der Waals surface area contributed by atoms with E-state index in [1.807, 2.05) is 24.9 Å². The summed E-state index contributed by atoms with van der Waals surface area (Å²) < 4.78 is 3.69. The van der Waals surface area contributed by atoms with Gasteiger partial charge in [-0.2, -0.15) is 0 Å². The molecule has 2 aromatic rings. The number of rotatable bonds is 3. The lowest BCUT2D eigenvalue weighted by Gasteiger charge is -2.03. The molecule has 0 N–H and O–H groups in total. The van der Waals surface area contributed by atoms with Gasteiger partial charge in [-0.25, -0.2) is 9.97 Å². The molecular weight excluding hydrogens is 224 g/mol. The Morgan fingerprint density at radius 3 is 2.56 bits per heavy atom. The molecule has 0 aliphatic heterocycles. The minimum Gasteiger partial charge on any atom is -0.329 e. The molecule has 0 unspecified atom stereocenters. The monoisotopic (exact) mass is 236 g/mol. The molecule has 0 atom stereocenters. The van der Waals surface area contributed by atoms with Gasteiger partial charge in [-0.15, -0.1) is 0 Å².